The fraction of sp³-hybridized carbons (Fsp3) is 0.529. The number of ether oxygens (including phenoxy) is 2. The molecule has 3 N–H and O–H groups in total. The number of carbonyl (C=O) groups excluding carboxylic acids is 1. The summed E-state index contributed by atoms with van der Waals surface area (Å²) in [7, 11) is 1.77. The van der Waals surface area contributed by atoms with Gasteiger partial charge in [0.1, 0.15) is 0 Å². The van der Waals surface area contributed by atoms with E-state index >= 15 is 0 Å². The number of primary amides is 1. The zero-order valence-corrected chi connectivity index (χ0v) is 15.8. The van der Waals surface area contributed by atoms with Gasteiger partial charge in [-0.2, -0.15) is 0 Å². The molecule has 8 heteroatoms. The van der Waals surface area contributed by atoms with Crippen LogP contribution in [-0.2, 0) is 11.3 Å². The number of halogens is 1. The Labute approximate surface area is 155 Å². The number of hydrogen-bond acceptors (Lipinski definition) is 4. The van der Waals surface area contributed by atoms with E-state index in [0.29, 0.717) is 18.9 Å². The Morgan fingerprint density at radius 2 is 2.32 bits per heavy atom. The van der Waals surface area contributed by atoms with Crippen LogP contribution in [0.4, 0.5) is 0 Å². The van der Waals surface area contributed by atoms with Crippen molar-refractivity contribution >= 4 is 27.8 Å². The molecular weight excluding hydrogens is 388 g/mol. The molecule has 7 nitrogen and oxygen atoms in total. The van der Waals surface area contributed by atoms with Gasteiger partial charge in [-0.3, -0.25) is 9.79 Å². The molecule has 0 aliphatic carbocycles. The third-order valence-electron chi connectivity index (χ3n) is 4.46. The lowest BCUT2D eigenvalue weighted by atomic mass is 9.95. The molecule has 1 atom stereocenters. The normalized spacial score (nSPS) is 19.8. The van der Waals surface area contributed by atoms with Gasteiger partial charge in [-0.05, 0) is 52.4 Å². The van der Waals surface area contributed by atoms with Crippen molar-refractivity contribution in [2.45, 2.75) is 25.8 Å². The van der Waals surface area contributed by atoms with Crippen molar-refractivity contribution in [3.63, 3.8) is 0 Å². The van der Waals surface area contributed by atoms with Crippen LogP contribution in [0.2, 0.25) is 0 Å². The number of nitrogens with two attached hydrogens (primary N) is 1. The van der Waals surface area contributed by atoms with E-state index in [1.807, 2.05) is 12.1 Å². The summed E-state index contributed by atoms with van der Waals surface area (Å²) in [6, 6.07) is 3.99. The van der Waals surface area contributed by atoms with Crippen LogP contribution in [0.3, 0.4) is 0 Å². The van der Waals surface area contributed by atoms with Crippen molar-refractivity contribution in [3.8, 4) is 11.5 Å². The molecule has 3 rings (SSSR count). The number of nitrogens with one attached hydrogen (secondary N) is 1. The average Bonchev–Trinajstić information content (AvgIpc) is 3.04. The zero-order chi connectivity index (χ0) is 17.8. The largest absolute Gasteiger partial charge is 0.454 e. The summed E-state index contributed by atoms with van der Waals surface area (Å²) in [6.07, 6.45) is 2.50. The van der Waals surface area contributed by atoms with Crippen LogP contribution in [0, 0.1) is 5.92 Å². The highest BCUT2D eigenvalue weighted by molar-refractivity contribution is 9.10. The average molecular weight is 411 g/mol. The van der Waals surface area contributed by atoms with Crippen molar-refractivity contribution in [1.82, 2.24) is 10.2 Å². The summed E-state index contributed by atoms with van der Waals surface area (Å²) in [5.74, 6) is 2.39. The molecule has 0 aromatic heterocycles. The SMILES string of the molecule is CN=C(NCc1cc(Br)c2c(c1)OCO2)N1CCCC(CC(N)=O)C1. The summed E-state index contributed by atoms with van der Waals surface area (Å²) >= 11 is 3.51. The molecule has 25 heavy (non-hydrogen) atoms. The number of likely N-dealkylation sites (tertiary alicyclic amines) is 1. The third-order valence-corrected chi connectivity index (χ3v) is 5.05. The molecule has 1 saturated heterocycles. The molecule has 1 aromatic rings. The van der Waals surface area contributed by atoms with Crippen LogP contribution in [0.25, 0.3) is 0 Å². The highest BCUT2D eigenvalue weighted by Gasteiger charge is 2.24. The summed E-state index contributed by atoms with van der Waals surface area (Å²) < 4.78 is 11.7. The minimum Gasteiger partial charge on any atom is -0.454 e. The van der Waals surface area contributed by atoms with Crippen molar-refractivity contribution in [2.75, 3.05) is 26.9 Å². The molecule has 1 fully saturated rings. The Morgan fingerprint density at radius 1 is 1.48 bits per heavy atom. The van der Waals surface area contributed by atoms with Crippen LogP contribution in [0.15, 0.2) is 21.6 Å². The number of guanidine groups is 1. The van der Waals surface area contributed by atoms with Crippen molar-refractivity contribution in [2.24, 2.45) is 16.6 Å². The van der Waals surface area contributed by atoms with Gasteiger partial charge < -0.3 is 25.4 Å². The maximum Gasteiger partial charge on any atom is 0.231 e. The van der Waals surface area contributed by atoms with E-state index in [-0.39, 0.29) is 12.7 Å². The van der Waals surface area contributed by atoms with Crippen LogP contribution in [-0.4, -0.2) is 43.7 Å². The number of nitrogens with zero attached hydrogens (tertiary/aromatic N) is 2. The molecule has 2 aliphatic heterocycles. The standard InChI is InChI=1S/C17H23BrN4O3/c1-20-17(22-4-2-3-11(9-22)7-15(19)23)21-8-12-5-13(18)16-14(6-12)24-10-25-16/h5-6,11H,2-4,7-10H2,1H3,(H2,19,23)(H,20,21). The van der Waals surface area contributed by atoms with Gasteiger partial charge in [-0.25, -0.2) is 0 Å². The second-order valence-corrected chi connectivity index (χ2v) is 7.19. The third kappa shape index (κ3) is 4.36. The molecule has 0 radical (unpaired) electrons. The quantitative estimate of drug-likeness (QED) is 0.583. The summed E-state index contributed by atoms with van der Waals surface area (Å²) in [4.78, 5) is 17.8. The monoisotopic (exact) mass is 410 g/mol. The minimum absolute atomic E-state index is 0.236. The Hall–Kier alpha value is -1.96. The number of benzene rings is 1. The van der Waals surface area contributed by atoms with Crippen molar-refractivity contribution < 1.29 is 14.3 Å². The Kier molecular flexibility index (Phi) is 5.67. The van der Waals surface area contributed by atoms with Gasteiger partial charge in [-0.1, -0.05) is 0 Å². The number of amides is 1. The smallest absolute Gasteiger partial charge is 0.231 e. The first-order valence-electron chi connectivity index (χ1n) is 8.38. The first-order chi connectivity index (χ1) is 12.1. The van der Waals surface area contributed by atoms with Crippen molar-refractivity contribution in [1.29, 1.82) is 0 Å². The van der Waals surface area contributed by atoms with Gasteiger partial charge >= 0.3 is 0 Å². The molecule has 2 aliphatic rings. The molecule has 0 saturated carbocycles. The fourth-order valence-corrected chi connectivity index (χ4v) is 3.95. The lowest BCUT2D eigenvalue weighted by Crippen LogP contribution is -2.46. The molecule has 1 aromatic carbocycles. The lowest BCUT2D eigenvalue weighted by molar-refractivity contribution is -0.119. The Morgan fingerprint density at radius 3 is 3.08 bits per heavy atom. The van der Waals surface area contributed by atoms with Crippen LogP contribution >= 0.6 is 15.9 Å². The van der Waals surface area contributed by atoms with Gasteiger partial charge in [0, 0.05) is 33.1 Å². The summed E-state index contributed by atoms with van der Waals surface area (Å²) in [5, 5.41) is 3.39. The van der Waals surface area contributed by atoms with Gasteiger partial charge in [-0.15, -0.1) is 0 Å². The van der Waals surface area contributed by atoms with Crippen LogP contribution in [0.1, 0.15) is 24.8 Å². The van der Waals surface area contributed by atoms with Crippen LogP contribution in [0.5, 0.6) is 11.5 Å². The van der Waals surface area contributed by atoms with E-state index in [4.69, 9.17) is 15.2 Å². The van der Waals surface area contributed by atoms with E-state index in [9.17, 15) is 4.79 Å². The molecule has 136 valence electrons. The van der Waals surface area contributed by atoms with E-state index in [2.05, 4.69) is 31.1 Å². The number of rotatable bonds is 4. The Balaban J connectivity index is 1.61. The summed E-state index contributed by atoms with van der Waals surface area (Å²) in [5.41, 5.74) is 6.41. The van der Waals surface area contributed by atoms with Gasteiger partial charge in [0.05, 0.1) is 4.47 Å². The highest BCUT2D eigenvalue weighted by atomic mass is 79.9. The second kappa shape index (κ2) is 7.95. The molecule has 2 heterocycles. The minimum atomic E-state index is -0.236. The second-order valence-electron chi connectivity index (χ2n) is 6.34. The van der Waals surface area contributed by atoms with Crippen LogP contribution < -0.4 is 20.5 Å². The maximum absolute atomic E-state index is 11.2. The first-order valence-corrected chi connectivity index (χ1v) is 9.18. The molecule has 0 spiro atoms. The lowest BCUT2D eigenvalue weighted by Gasteiger charge is -2.34. The topological polar surface area (TPSA) is 89.2 Å². The van der Waals surface area contributed by atoms with Crippen molar-refractivity contribution in [3.05, 3.63) is 22.2 Å². The fourth-order valence-electron chi connectivity index (χ4n) is 3.34. The predicted octanol–water partition coefficient (Wildman–Crippen LogP) is 1.84. The molecular formula is C17H23BrN4O3. The van der Waals surface area contributed by atoms with E-state index < -0.39 is 0 Å². The zero-order valence-electron chi connectivity index (χ0n) is 14.3. The van der Waals surface area contributed by atoms with Gasteiger partial charge in [0.2, 0.25) is 12.7 Å². The maximum atomic E-state index is 11.2. The van der Waals surface area contributed by atoms with Gasteiger partial charge in [0.25, 0.3) is 0 Å². The van der Waals surface area contributed by atoms with Gasteiger partial charge in [0.15, 0.2) is 17.5 Å². The van der Waals surface area contributed by atoms with E-state index in [0.717, 1.165) is 53.4 Å². The highest BCUT2D eigenvalue weighted by Crippen LogP contribution is 2.39. The first kappa shape index (κ1) is 17.8. The number of fused-ring (bicyclic) bond motifs is 1. The number of hydrogen-bond donors (Lipinski definition) is 2. The van der Waals surface area contributed by atoms with E-state index in [1.54, 1.807) is 7.05 Å². The molecule has 1 amide bonds. The van der Waals surface area contributed by atoms with E-state index in [1.165, 1.54) is 0 Å². The molecule has 0 bridgehead atoms. The summed E-state index contributed by atoms with van der Waals surface area (Å²) in [6.45, 7) is 2.60. The number of piperidine rings is 1. The molecule has 1 unspecified atom stereocenters. The number of aliphatic imine (C=N–C) groups is 1. The number of carbonyl (C=O) groups is 1. The Bertz CT molecular complexity index is 680. The predicted molar refractivity (Wildman–Crippen MR) is 98.6 cm³/mol.